The first-order valence-corrected chi connectivity index (χ1v) is 9.24. The van der Waals surface area contributed by atoms with Crippen molar-refractivity contribution in [2.75, 3.05) is 0 Å². The van der Waals surface area contributed by atoms with E-state index in [2.05, 4.69) is 4.98 Å². The minimum absolute atomic E-state index is 0.0453. The maximum Gasteiger partial charge on any atom is 0.200 e. The van der Waals surface area contributed by atoms with Crippen molar-refractivity contribution in [3.8, 4) is 22.3 Å². The van der Waals surface area contributed by atoms with Crippen LogP contribution < -0.4 is 5.43 Å². The molecular weight excluding hydrogens is 370 g/mol. The Hall–Kier alpha value is -3.43. The topological polar surface area (TPSA) is 43.1 Å². The van der Waals surface area contributed by atoms with Crippen molar-refractivity contribution < 1.29 is 4.42 Å². The van der Waals surface area contributed by atoms with Crippen LogP contribution in [0.2, 0.25) is 5.02 Å². The fourth-order valence-corrected chi connectivity index (χ4v) is 3.62. The number of fused-ring (bicyclic) bond motifs is 2. The molecule has 3 aromatic carbocycles. The summed E-state index contributed by atoms with van der Waals surface area (Å²) in [5.41, 5.74) is 4.93. The number of hydrogen-bond donors (Lipinski definition) is 0. The number of halogens is 1. The predicted octanol–water partition coefficient (Wildman–Crippen LogP) is 6.33. The van der Waals surface area contributed by atoms with Crippen LogP contribution in [0, 0.1) is 0 Å². The summed E-state index contributed by atoms with van der Waals surface area (Å²) >= 11 is 6.11. The molecule has 28 heavy (non-hydrogen) atoms. The zero-order valence-electron chi connectivity index (χ0n) is 14.7. The minimum atomic E-state index is -0.0453. The second-order valence-electron chi connectivity index (χ2n) is 6.60. The highest BCUT2D eigenvalue weighted by Crippen LogP contribution is 2.28. The molecule has 0 radical (unpaired) electrons. The summed E-state index contributed by atoms with van der Waals surface area (Å²) in [5, 5.41) is 1.77. The quantitative estimate of drug-likeness (QED) is 0.334. The van der Waals surface area contributed by atoms with Crippen LogP contribution in [0.15, 0.2) is 94.4 Å². The van der Waals surface area contributed by atoms with Crippen molar-refractivity contribution in [1.29, 1.82) is 0 Å². The fourth-order valence-electron chi connectivity index (χ4n) is 3.43. The largest absolute Gasteiger partial charge is 0.456 e. The molecule has 3 nitrogen and oxygen atoms in total. The van der Waals surface area contributed by atoms with Gasteiger partial charge in [0.15, 0.2) is 0 Å². The summed E-state index contributed by atoms with van der Waals surface area (Å²) in [6, 6.07) is 22.7. The molecule has 0 aliphatic carbocycles. The van der Waals surface area contributed by atoms with E-state index in [0.717, 1.165) is 22.3 Å². The number of rotatable bonds is 2. The number of pyridine rings is 1. The van der Waals surface area contributed by atoms with Crippen molar-refractivity contribution >= 4 is 33.5 Å². The normalized spacial score (nSPS) is 11.2. The molecule has 0 aliphatic heterocycles. The highest BCUT2D eigenvalue weighted by Gasteiger charge is 2.11. The van der Waals surface area contributed by atoms with Gasteiger partial charge >= 0.3 is 0 Å². The molecule has 0 saturated carbocycles. The predicted molar refractivity (Wildman–Crippen MR) is 114 cm³/mol. The van der Waals surface area contributed by atoms with Gasteiger partial charge in [0.05, 0.1) is 10.8 Å². The van der Waals surface area contributed by atoms with E-state index in [-0.39, 0.29) is 5.43 Å². The van der Waals surface area contributed by atoms with E-state index in [1.54, 1.807) is 12.4 Å². The molecule has 0 bridgehead atoms. The number of aromatic nitrogens is 1. The zero-order valence-corrected chi connectivity index (χ0v) is 15.5. The molecule has 2 heterocycles. The number of hydrogen-bond acceptors (Lipinski definition) is 3. The van der Waals surface area contributed by atoms with Gasteiger partial charge in [0.25, 0.3) is 0 Å². The standard InChI is InChI=1S/C24H14ClNO2/c25-19-3-1-2-16(12-19)18-5-7-23-21(14-18)24(27)20-13-17(4-6-22(20)28-23)15-8-10-26-11-9-15/h1-14H. The van der Waals surface area contributed by atoms with Crippen LogP contribution >= 0.6 is 11.6 Å². The Morgan fingerprint density at radius 1 is 0.679 bits per heavy atom. The molecule has 5 aromatic rings. The maximum atomic E-state index is 13.2. The Morgan fingerprint density at radius 2 is 1.29 bits per heavy atom. The average molecular weight is 384 g/mol. The summed E-state index contributed by atoms with van der Waals surface area (Å²) < 4.78 is 5.99. The molecule has 0 unspecified atom stereocenters. The van der Waals surface area contributed by atoms with Gasteiger partial charge in [0.2, 0.25) is 5.43 Å². The lowest BCUT2D eigenvalue weighted by atomic mass is 10.0. The van der Waals surface area contributed by atoms with Gasteiger partial charge in [-0.15, -0.1) is 0 Å². The minimum Gasteiger partial charge on any atom is -0.456 e. The van der Waals surface area contributed by atoms with Crippen LogP contribution in [0.5, 0.6) is 0 Å². The fraction of sp³-hybridized carbons (Fsp3) is 0. The van der Waals surface area contributed by atoms with E-state index < -0.39 is 0 Å². The van der Waals surface area contributed by atoms with Gasteiger partial charge in [-0.1, -0.05) is 35.9 Å². The van der Waals surface area contributed by atoms with Crippen molar-refractivity contribution in [3.63, 3.8) is 0 Å². The van der Waals surface area contributed by atoms with Crippen LogP contribution in [0.25, 0.3) is 44.2 Å². The molecule has 5 rings (SSSR count). The van der Waals surface area contributed by atoms with Crippen LogP contribution in [-0.4, -0.2) is 4.98 Å². The third-order valence-corrected chi connectivity index (χ3v) is 5.07. The molecule has 4 heteroatoms. The number of nitrogens with zero attached hydrogens (tertiary/aromatic N) is 1. The van der Waals surface area contributed by atoms with Crippen molar-refractivity contribution in [2.24, 2.45) is 0 Å². The lowest BCUT2D eigenvalue weighted by Gasteiger charge is -2.07. The van der Waals surface area contributed by atoms with Gasteiger partial charge < -0.3 is 4.42 Å². The summed E-state index contributed by atoms with van der Waals surface area (Å²) in [5.74, 6) is 0. The third-order valence-electron chi connectivity index (χ3n) is 4.84. The monoisotopic (exact) mass is 383 g/mol. The Morgan fingerprint density at radius 3 is 1.93 bits per heavy atom. The van der Waals surface area contributed by atoms with Gasteiger partial charge in [-0.3, -0.25) is 9.78 Å². The molecule has 0 atom stereocenters. The van der Waals surface area contributed by atoms with E-state index in [1.165, 1.54) is 0 Å². The second kappa shape index (κ2) is 6.63. The third kappa shape index (κ3) is 2.86. The summed E-state index contributed by atoms with van der Waals surface area (Å²) in [4.78, 5) is 17.3. The van der Waals surface area contributed by atoms with E-state index in [9.17, 15) is 4.79 Å². The lowest BCUT2D eigenvalue weighted by molar-refractivity contribution is 0.660. The molecule has 0 amide bonds. The summed E-state index contributed by atoms with van der Waals surface area (Å²) in [6.45, 7) is 0. The first-order valence-electron chi connectivity index (χ1n) is 8.86. The Bertz CT molecular complexity index is 1390. The van der Waals surface area contributed by atoms with Crippen LogP contribution in [0.4, 0.5) is 0 Å². The highest BCUT2D eigenvalue weighted by atomic mass is 35.5. The molecule has 2 aromatic heterocycles. The van der Waals surface area contributed by atoms with Gasteiger partial charge in [0.1, 0.15) is 11.2 Å². The van der Waals surface area contributed by atoms with Gasteiger partial charge in [-0.2, -0.15) is 0 Å². The smallest absolute Gasteiger partial charge is 0.200 e. The SMILES string of the molecule is O=c1c2cc(-c3ccncc3)ccc2oc2ccc(-c3cccc(Cl)c3)cc12. The van der Waals surface area contributed by atoms with E-state index in [1.807, 2.05) is 72.8 Å². The van der Waals surface area contributed by atoms with E-state index >= 15 is 0 Å². The molecule has 0 N–H and O–H groups in total. The first kappa shape index (κ1) is 16.7. The van der Waals surface area contributed by atoms with Crippen molar-refractivity contribution in [3.05, 3.63) is 100 Å². The molecule has 134 valence electrons. The summed E-state index contributed by atoms with van der Waals surface area (Å²) in [7, 11) is 0. The Balaban J connectivity index is 1.74. The first-order chi connectivity index (χ1) is 13.7. The van der Waals surface area contributed by atoms with Gasteiger partial charge in [-0.05, 0) is 70.8 Å². The van der Waals surface area contributed by atoms with Crippen LogP contribution in [0.3, 0.4) is 0 Å². The molecule has 0 fully saturated rings. The van der Waals surface area contributed by atoms with Crippen LogP contribution in [0.1, 0.15) is 0 Å². The maximum absolute atomic E-state index is 13.2. The van der Waals surface area contributed by atoms with E-state index in [0.29, 0.717) is 27.0 Å². The van der Waals surface area contributed by atoms with Crippen molar-refractivity contribution in [1.82, 2.24) is 4.98 Å². The molecule has 0 aliphatic rings. The van der Waals surface area contributed by atoms with E-state index in [4.69, 9.17) is 16.0 Å². The summed E-state index contributed by atoms with van der Waals surface area (Å²) in [6.07, 6.45) is 3.47. The zero-order chi connectivity index (χ0) is 19.1. The van der Waals surface area contributed by atoms with Crippen molar-refractivity contribution in [2.45, 2.75) is 0 Å². The number of benzene rings is 3. The lowest BCUT2D eigenvalue weighted by Crippen LogP contribution is -2.02. The molecule has 0 saturated heterocycles. The van der Waals surface area contributed by atoms with Crippen LogP contribution in [-0.2, 0) is 0 Å². The average Bonchev–Trinajstić information content (AvgIpc) is 2.74. The molecular formula is C24H14ClNO2. The Kier molecular flexibility index (Phi) is 3.96. The highest BCUT2D eigenvalue weighted by molar-refractivity contribution is 6.30. The van der Waals surface area contributed by atoms with Gasteiger partial charge in [0, 0.05) is 17.4 Å². The van der Waals surface area contributed by atoms with Gasteiger partial charge in [-0.25, -0.2) is 0 Å². The molecule has 0 spiro atoms. The Labute approximate surface area is 165 Å². The second-order valence-corrected chi connectivity index (χ2v) is 7.04.